The topological polar surface area (TPSA) is 115 Å². The number of nitrogens with one attached hydrogen (secondary N) is 3. The Hall–Kier alpha value is -5.42. The number of hydrogen-bond donors (Lipinski definition) is 3. The van der Waals surface area contributed by atoms with Crippen molar-refractivity contribution in [3.05, 3.63) is 103 Å². The molecule has 45 heavy (non-hydrogen) atoms. The van der Waals surface area contributed by atoms with Gasteiger partial charge in [0.25, 0.3) is 0 Å². The maximum atomic E-state index is 13.8. The summed E-state index contributed by atoms with van der Waals surface area (Å²) in [6.07, 6.45) is 2.58. The van der Waals surface area contributed by atoms with Crippen LogP contribution in [0.5, 0.6) is 5.75 Å². The highest BCUT2D eigenvalue weighted by Gasteiger charge is 2.22. The van der Waals surface area contributed by atoms with Crippen LogP contribution in [0.1, 0.15) is 11.1 Å². The van der Waals surface area contributed by atoms with E-state index in [9.17, 15) is 9.59 Å². The number of rotatable bonds is 10. The summed E-state index contributed by atoms with van der Waals surface area (Å²) < 4.78 is 5.73. The molecular formula is C34H38N8O3. The first-order valence-electron chi connectivity index (χ1n) is 14.7. The van der Waals surface area contributed by atoms with E-state index in [0.717, 1.165) is 48.7 Å². The summed E-state index contributed by atoms with van der Waals surface area (Å²) in [5.74, 6) is 1.11. The van der Waals surface area contributed by atoms with Crippen LogP contribution >= 0.6 is 0 Å². The van der Waals surface area contributed by atoms with Gasteiger partial charge in [0.05, 0.1) is 18.5 Å². The van der Waals surface area contributed by atoms with E-state index in [4.69, 9.17) is 4.74 Å². The van der Waals surface area contributed by atoms with Crippen molar-refractivity contribution in [3.8, 4) is 5.75 Å². The summed E-state index contributed by atoms with van der Waals surface area (Å²) in [4.78, 5) is 40.7. The number of ether oxygens (including phenoxy) is 1. The molecule has 232 valence electrons. The summed E-state index contributed by atoms with van der Waals surface area (Å²) in [7, 11) is 3.77. The van der Waals surface area contributed by atoms with Gasteiger partial charge in [-0.05, 0) is 55.9 Å². The molecule has 11 heteroatoms. The van der Waals surface area contributed by atoms with Crippen LogP contribution in [-0.2, 0) is 11.3 Å². The van der Waals surface area contributed by atoms with Gasteiger partial charge in [-0.3, -0.25) is 4.79 Å². The number of carbonyl (C=O) groups is 2. The molecule has 2 heterocycles. The summed E-state index contributed by atoms with van der Waals surface area (Å²) in [6, 6.07) is 22.2. The molecule has 0 spiro atoms. The molecule has 3 amide bonds. The second-order valence-corrected chi connectivity index (χ2v) is 10.8. The fourth-order valence-electron chi connectivity index (χ4n) is 5.07. The highest BCUT2D eigenvalue weighted by molar-refractivity contribution is 6.01. The lowest BCUT2D eigenvalue weighted by Crippen LogP contribution is -2.44. The van der Waals surface area contributed by atoms with Crippen LogP contribution in [0.2, 0.25) is 0 Å². The molecule has 1 aliphatic heterocycles. The van der Waals surface area contributed by atoms with Crippen molar-refractivity contribution >= 4 is 46.3 Å². The van der Waals surface area contributed by atoms with E-state index in [1.54, 1.807) is 37.4 Å². The molecule has 0 radical (unpaired) electrons. The lowest BCUT2D eigenvalue weighted by atomic mass is 10.1. The van der Waals surface area contributed by atoms with E-state index in [0.29, 0.717) is 35.3 Å². The zero-order valence-electron chi connectivity index (χ0n) is 25.8. The Balaban J connectivity index is 1.42. The molecule has 3 aromatic carbocycles. The van der Waals surface area contributed by atoms with Gasteiger partial charge in [0.15, 0.2) is 0 Å². The summed E-state index contributed by atoms with van der Waals surface area (Å²) in [6.45, 7) is 9.74. The van der Waals surface area contributed by atoms with Crippen LogP contribution in [0.15, 0.2) is 91.8 Å². The second-order valence-electron chi connectivity index (χ2n) is 10.8. The maximum absolute atomic E-state index is 13.8. The average molecular weight is 607 g/mol. The third-order valence-electron chi connectivity index (χ3n) is 7.48. The lowest BCUT2D eigenvalue weighted by molar-refractivity contribution is -0.111. The van der Waals surface area contributed by atoms with Gasteiger partial charge < -0.3 is 30.5 Å². The molecule has 1 aromatic heterocycles. The Morgan fingerprint density at radius 2 is 1.80 bits per heavy atom. The molecule has 5 rings (SSSR count). The highest BCUT2D eigenvalue weighted by atomic mass is 16.5. The zero-order chi connectivity index (χ0) is 31.8. The first kappa shape index (κ1) is 31.0. The van der Waals surface area contributed by atoms with Crippen molar-refractivity contribution in [2.45, 2.75) is 13.5 Å². The van der Waals surface area contributed by atoms with E-state index in [-0.39, 0.29) is 5.91 Å². The number of urea groups is 1. The van der Waals surface area contributed by atoms with Crippen LogP contribution in [-0.4, -0.2) is 67.1 Å². The lowest BCUT2D eigenvalue weighted by Gasteiger charge is -2.34. The normalized spacial score (nSPS) is 13.1. The van der Waals surface area contributed by atoms with Gasteiger partial charge in [-0.2, -0.15) is 0 Å². The van der Waals surface area contributed by atoms with Crippen LogP contribution in [0.3, 0.4) is 0 Å². The number of anilines is 6. The van der Waals surface area contributed by atoms with Crippen LogP contribution < -0.4 is 30.5 Å². The second kappa shape index (κ2) is 14.4. The standard InChI is InChI=1S/C34H38N8O3/c1-5-33(43)38-26-10-7-11-28(19-26)42(34(44)35-22-25-9-6-8-24(2)18-25)32-21-31(36-23-37-32)39-29-13-12-27(20-30(29)45-4)41-16-14-40(3)15-17-41/h5-13,18-21,23H,1,14-17,22H2,2-4H3,(H,35,44)(H,38,43)(H,36,37,39). The number of nitrogens with zero attached hydrogens (tertiary/aromatic N) is 5. The van der Waals surface area contributed by atoms with Crippen molar-refractivity contribution in [2.24, 2.45) is 0 Å². The highest BCUT2D eigenvalue weighted by Crippen LogP contribution is 2.33. The largest absolute Gasteiger partial charge is 0.494 e. The first-order valence-corrected chi connectivity index (χ1v) is 14.7. The minimum Gasteiger partial charge on any atom is -0.494 e. The van der Waals surface area contributed by atoms with Gasteiger partial charge in [-0.15, -0.1) is 0 Å². The summed E-state index contributed by atoms with van der Waals surface area (Å²) >= 11 is 0. The zero-order valence-corrected chi connectivity index (χ0v) is 25.8. The summed E-state index contributed by atoms with van der Waals surface area (Å²) in [5.41, 5.74) is 4.89. The van der Waals surface area contributed by atoms with Crippen molar-refractivity contribution in [1.82, 2.24) is 20.2 Å². The number of amides is 3. The minimum absolute atomic E-state index is 0.316. The number of hydrogen-bond acceptors (Lipinski definition) is 8. The Kier molecular flexibility index (Phi) is 9.90. The molecule has 11 nitrogen and oxygen atoms in total. The molecule has 1 fully saturated rings. The number of piperazine rings is 1. The van der Waals surface area contributed by atoms with Gasteiger partial charge in [0.1, 0.15) is 23.7 Å². The van der Waals surface area contributed by atoms with Crippen molar-refractivity contribution < 1.29 is 14.3 Å². The Labute approximate surface area is 263 Å². The molecule has 0 atom stereocenters. The van der Waals surface area contributed by atoms with Gasteiger partial charge in [-0.25, -0.2) is 19.7 Å². The Morgan fingerprint density at radius 1 is 1.00 bits per heavy atom. The van der Waals surface area contributed by atoms with Gasteiger partial charge >= 0.3 is 6.03 Å². The predicted octanol–water partition coefficient (Wildman–Crippen LogP) is 5.46. The molecular weight excluding hydrogens is 568 g/mol. The van der Waals surface area contributed by atoms with Gasteiger partial charge in [0, 0.05) is 56.2 Å². The summed E-state index contributed by atoms with van der Waals surface area (Å²) in [5, 5.41) is 9.07. The number of carbonyl (C=O) groups excluding carboxylic acids is 2. The third-order valence-corrected chi connectivity index (χ3v) is 7.48. The number of likely N-dealkylation sites (N-methyl/N-ethyl adjacent to an activating group) is 1. The third kappa shape index (κ3) is 7.95. The van der Waals surface area contributed by atoms with Crippen molar-refractivity contribution in [1.29, 1.82) is 0 Å². The molecule has 1 saturated heterocycles. The van der Waals surface area contributed by atoms with Gasteiger partial charge in [0.2, 0.25) is 5.91 Å². The van der Waals surface area contributed by atoms with E-state index < -0.39 is 6.03 Å². The quantitative estimate of drug-likeness (QED) is 0.204. The molecule has 0 bridgehead atoms. The number of aryl methyl sites for hydroxylation is 1. The molecule has 4 aromatic rings. The SMILES string of the molecule is C=CC(=O)Nc1cccc(N(C(=O)NCc2cccc(C)c2)c2cc(Nc3ccc(N4CCN(C)CC4)cc3OC)ncn2)c1. The molecule has 0 aliphatic carbocycles. The number of methoxy groups -OCH3 is 1. The Bertz CT molecular complexity index is 1670. The molecule has 3 N–H and O–H groups in total. The van der Waals surface area contributed by atoms with Crippen LogP contribution in [0, 0.1) is 6.92 Å². The number of benzene rings is 3. The molecule has 1 aliphatic rings. The van der Waals surface area contributed by atoms with E-state index >= 15 is 0 Å². The van der Waals surface area contributed by atoms with E-state index in [1.165, 1.54) is 17.3 Å². The fourth-order valence-corrected chi connectivity index (χ4v) is 5.07. The number of aromatic nitrogens is 2. The van der Waals surface area contributed by atoms with Crippen molar-refractivity contribution in [2.75, 3.05) is 60.8 Å². The monoisotopic (exact) mass is 606 g/mol. The van der Waals surface area contributed by atoms with Crippen LogP contribution in [0.4, 0.5) is 39.2 Å². The van der Waals surface area contributed by atoms with Crippen LogP contribution in [0.25, 0.3) is 0 Å². The van der Waals surface area contributed by atoms with E-state index in [1.807, 2.05) is 43.3 Å². The van der Waals surface area contributed by atoms with E-state index in [2.05, 4.69) is 55.4 Å². The molecule has 0 saturated carbocycles. The maximum Gasteiger partial charge on any atom is 0.327 e. The van der Waals surface area contributed by atoms with Gasteiger partial charge in [-0.1, -0.05) is 42.5 Å². The minimum atomic E-state index is -0.400. The first-order chi connectivity index (χ1) is 21.8. The van der Waals surface area contributed by atoms with Crippen molar-refractivity contribution in [3.63, 3.8) is 0 Å². The fraction of sp³-hybridized carbons (Fsp3) is 0.235. The Morgan fingerprint density at radius 3 is 2.56 bits per heavy atom. The molecule has 0 unspecified atom stereocenters. The average Bonchev–Trinajstić information content (AvgIpc) is 3.05. The predicted molar refractivity (Wildman–Crippen MR) is 179 cm³/mol. The smallest absolute Gasteiger partial charge is 0.327 e.